The van der Waals surface area contributed by atoms with Crippen LogP contribution in [0, 0.1) is 0 Å². The van der Waals surface area contributed by atoms with Gasteiger partial charge in [-0.2, -0.15) is 4.98 Å². The molecule has 2 heterocycles. The van der Waals surface area contributed by atoms with Crippen LogP contribution in [-0.2, 0) is 27.5 Å². The summed E-state index contributed by atoms with van der Waals surface area (Å²) in [6, 6.07) is 0. The number of methoxy groups -OCH3 is 1. The smallest absolute Gasteiger partial charge is 0.246 e. The van der Waals surface area contributed by atoms with E-state index in [1.54, 1.807) is 12.0 Å². The molecule has 0 saturated carbocycles. The maximum Gasteiger partial charge on any atom is 0.246 e. The van der Waals surface area contributed by atoms with Gasteiger partial charge in [0.05, 0.1) is 6.54 Å². The number of amides is 2. The summed E-state index contributed by atoms with van der Waals surface area (Å²) in [5.41, 5.74) is 0. The molecule has 122 valence electrons. The van der Waals surface area contributed by atoms with Gasteiger partial charge in [0.15, 0.2) is 5.82 Å². The standard InChI is InChI=1S/C14H22N4O4/c1-21-10-11-16-13(22-17-11)9-15-12(19)6-8-18-7-4-2-3-5-14(18)20/h2-10H2,1H3,(H,15,19). The molecular weight excluding hydrogens is 288 g/mol. The number of hydrogen-bond acceptors (Lipinski definition) is 6. The molecule has 1 saturated heterocycles. The molecule has 2 amide bonds. The van der Waals surface area contributed by atoms with E-state index in [1.807, 2.05) is 0 Å². The van der Waals surface area contributed by atoms with E-state index < -0.39 is 0 Å². The van der Waals surface area contributed by atoms with Gasteiger partial charge < -0.3 is 19.5 Å². The van der Waals surface area contributed by atoms with Crippen LogP contribution in [0.25, 0.3) is 0 Å². The summed E-state index contributed by atoms with van der Waals surface area (Å²) >= 11 is 0. The fourth-order valence-electron chi connectivity index (χ4n) is 2.32. The van der Waals surface area contributed by atoms with Crippen molar-refractivity contribution in [3.8, 4) is 0 Å². The molecule has 1 aliphatic rings. The molecule has 0 atom stereocenters. The minimum absolute atomic E-state index is 0.136. The van der Waals surface area contributed by atoms with Crippen molar-refractivity contribution in [3.05, 3.63) is 11.7 Å². The number of likely N-dealkylation sites (tertiary alicyclic amines) is 1. The number of ether oxygens (including phenoxy) is 1. The van der Waals surface area contributed by atoms with E-state index in [2.05, 4.69) is 15.5 Å². The Morgan fingerprint density at radius 3 is 3.09 bits per heavy atom. The van der Waals surface area contributed by atoms with Crippen LogP contribution in [0.3, 0.4) is 0 Å². The Kier molecular flexibility index (Phi) is 6.32. The van der Waals surface area contributed by atoms with Gasteiger partial charge in [0.25, 0.3) is 0 Å². The van der Waals surface area contributed by atoms with Gasteiger partial charge in [-0.3, -0.25) is 9.59 Å². The monoisotopic (exact) mass is 310 g/mol. The van der Waals surface area contributed by atoms with E-state index in [-0.39, 0.29) is 31.4 Å². The second-order valence-corrected chi connectivity index (χ2v) is 5.26. The first-order chi connectivity index (χ1) is 10.7. The Morgan fingerprint density at radius 2 is 2.27 bits per heavy atom. The van der Waals surface area contributed by atoms with Gasteiger partial charge in [-0.1, -0.05) is 11.6 Å². The Morgan fingerprint density at radius 1 is 1.41 bits per heavy atom. The van der Waals surface area contributed by atoms with Gasteiger partial charge >= 0.3 is 0 Å². The van der Waals surface area contributed by atoms with Crippen LogP contribution in [0.4, 0.5) is 0 Å². The van der Waals surface area contributed by atoms with Crippen LogP contribution in [0.1, 0.15) is 43.8 Å². The number of carbonyl (C=O) groups excluding carboxylic acids is 2. The van der Waals surface area contributed by atoms with Crippen LogP contribution in [-0.4, -0.2) is 47.1 Å². The minimum atomic E-state index is -0.136. The summed E-state index contributed by atoms with van der Waals surface area (Å²) in [5.74, 6) is 0.795. The van der Waals surface area contributed by atoms with Crippen molar-refractivity contribution in [1.29, 1.82) is 0 Å². The first-order valence-electron chi connectivity index (χ1n) is 7.54. The number of aromatic nitrogens is 2. The molecule has 1 N–H and O–H groups in total. The second-order valence-electron chi connectivity index (χ2n) is 5.26. The quantitative estimate of drug-likeness (QED) is 0.793. The molecule has 0 bridgehead atoms. The highest BCUT2D eigenvalue weighted by Gasteiger charge is 2.17. The van der Waals surface area contributed by atoms with E-state index in [9.17, 15) is 9.59 Å². The molecule has 1 fully saturated rings. The van der Waals surface area contributed by atoms with Gasteiger partial charge in [0, 0.05) is 33.0 Å². The molecule has 1 aromatic rings. The van der Waals surface area contributed by atoms with E-state index in [0.29, 0.717) is 24.7 Å². The molecule has 0 unspecified atom stereocenters. The van der Waals surface area contributed by atoms with Crippen LogP contribution in [0.5, 0.6) is 0 Å². The molecule has 2 rings (SSSR count). The van der Waals surface area contributed by atoms with Gasteiger partial charge in [0.2, 0.25) is 17.7 Å². The van der Waals surface area contributed by atoms with Gasteiger partial charge in [-0.05, 0) is 12.8 Å². The summed E-state index contributed by atoms with van der Waals surface area (Å²) in [6.45, 7) is 1.66. The molecule has 0 aromatic carbocycles. The fraction of sp³-hybridized carbons (Fsp3) is 0.714. The topological polar surface area (TPSA) is 97.6 Å². The van der Waals surface area contributed by atoms with Crippen LogP contribution >= 0.6 is 0 Å². The normalized spacial score (nSPS) is 15.7. The first kappa shape index (κ1) is 16.4. The predicted molar refractivity (Wildman–Crippen MR) is 76.5 cm³/mol. The molecule has 0 aliphatic carbocycles. The maximum absolute atomic E-state index is 11.8. The van der Waals surface area contributed by atoms with Crippen LogP contribution in [0.15, 0.2) is 4.52 Å². The molecule has 8 nitrogen and oxygen atoms in total. The van der Waals surface area contributed by atoms with Crippen molar-refractivity contribution in [2.45, 2.75) is 45.3 Å². The third-order valence-electron chi connectivity index (χ3n) is 3.50. The van der Waals surface area contributed by atoms with E-state index >= 15 is 0 Å². The first-order valence-corrected chi connectivity index (χ1v) is 7.54. The molecule has 1 aliphatic heterocycles. The Hall–Kier alpha value is -1.96. The Balaban J connectivity index is 1.69. The molecule has 0 radical (unpaired) electrons. The zero-order valence-corrected chi connectivity index (χ0v) is 12.8. The van der Waals surface area contributed by atoms with Crippen molar-refractivity contribution in [3.63, 3.8) is 0 Å². The van der Waals surface area contributed by atoms with Crippen LogP contribution < -0.4 is 5.32 Å². The lowest BCUT2D eigenvalue weighted by atomic mass is 10.2. The van der Waals surface area contributed by atoms with Crippen molar-refractivity contribution in [2.75, 3.05) is 20.2 Å². The second kappa shape index (κ2) is 8.47. The third-order valence-corrected chi connectivity index (χ3v) is 3.50. The van der Waals surface area contributed by atoms with E-state index in [1.165, 1.54) is 0 Å². The Bertz CT molecular complexity index is 503. The number of rotatable bonds is 7. The number of hydrogen-bond donors (Lipinski definition) is 1. The SMILES string of the molecule is COCc1noc(CNC(=O)CCN2CCCCCC2=O)n1. The van der Waals surface area contributed by atoms with Gasteiger partial charge in [-0.25, -0.2) is 0 Å². The molecular formula is C14H22N4O4. The van der Waals surface area contributed by atoms with Crippen molar-refractivity contribution >= 4 is 11.8 Å². The van der Waals surface area contributed by atoms with E-state index in [0.717, 1.165) is 25.8 Å². The highest BCUT2D eigenvalue weighted by atomic mass is 16.5. The Labute approximate surface area is 129 Å². The van der Waals surface area contributed by atoms with Crippen LogP contribution in [0.2, 0.25) is 0 Å². The lowest BCUT2D eigenvalue weighted by molar-refractivity contribution is -0.131. The molecule has 0 spiro atoms. The summed E-state index contributed by atoms with van der Waals surface area (Å²) in [5, 5.41) is 6.42. The largest absolute Gasteiger partial charge is 0.377 e. The molecule has 1 aromatic heterocycles. The maximum atomic E-state index is 11.8. The molecule has 22 heavy (non-hydrogen) atoms. The number of nitrogens with zero attached hydrogens (tertiary/aromatic N) is 3. The summed E-state index contributed by atoms with van der Waals surface area (Å²) in [7, 11) is 1.54. The van der Waals surface area contributed by atoms with Crippen molar-refractivity contribution in [2.24, 2.45) is 0 Å². The average molecular weight is 310 g/mol. The van der Waals surface area contributed by atoms with E-state index in [4.69, 9.17) is 9.26 Å². The summed E-state index contributed by atoms with van der Waals surface area (Å²) < 4.78 is 9.86. The van der Waals surface area contributed by atoms with Gasteiger partial charge in [0.1, 0.15) is 6.61 Å². The third kappa shape index (κ3) is 5.10. The average Bonchev–Trinajstić information content (AvgIpc) is 2.85. The fourth-order valence-corrected chi connectivity index (χ4v) is 2.32. The summed E-state index contributed by atoms with van der Waals surface area (Å²) in [6.07, 6.45) is 3.91. The summed E-state index contributed by atoms with van der Waals surface area (Å²) in [4.78, 5) is 29.5. The highest BCUT2D eigenvalue weighted by Crippen LogP contribution is 2.11. The zero-order chi connectivity index (χ0) is 15.8. The number of nitrogens with one attached hydrogen (secondary N) is 1. The zero-order valence-electron chi connectivity index (χ0n) is 12.8. The van der Waals surface area contributed by atoms with Gasteiger partial charge in [-0.15, -0.1) is 0 Å². The predicted octanol–water partition coefficient (Wildman–Crippen LogP) is 0.625. The molecule has 8 heteroatoms. The lowest BCUT2D eigenvalue weighted by Crippen LogP contribution is -2.34. The minimum Gasteiger partial charge on any atom is -0.377 e. The number of carbonyl (C=O) groups is 2. The highest BCUT2D eigenvalue weighted by molar-refractivity contribution is 5.79. The van der Waals surface area contributed by atoms with Crippen molar-refractivity contribution in [1.82, 2.24) is 20.4 Å². The lowest BCUT2D eigenvalue weighted by Gasteiger charge is -2.19. The van der Waals surface area contributed by atoms with Crippen molar-refractivity contribution < 1.29 is 18.8 Å².